The Hall–Kier alpha value is -1.20. The van der Waals surface area contributed by atoms with E-state index in [2.05, 4.69) is 24.9 Å². The summed E-state index contributed by atoms with van der Waals surface area (Å²) in [6.45, 7) is 3.41. The predicted octanol–water partition coefficient (Wildman–Crippen LogP) is 3.64. The fraction of sp³-hybridized carbons (Fsp3) is 0.632. The van der Waals surface area contributed by atoms with Gasteiger partial charge in [0.15, 0.2) is 0 Å². The smallest absolute Gasteiger partial charge is 0.224 e. The zero-order chi connectivity index (χ0) is 17.8. The number of thiol groups is 1. The second kappa shape index (κ2) is 12.2. The lowest BCUT2D eigenvalue weighted by Crippen LogP contribution is -2.26. The fourth-order valence-electron chi connectivity index (χ4n) is 2.65. The molecule has 4 nitrogen and oxygen atoms in total. The minimum atomic E-state index is -0.0597. The Kier molecular flexibility index (Phi) is 10.6. The van der Waals surface area contributed by atoms with E-state index in [9.17, 15) is 4.79 Å². The normalized spacial score (nSPS) is 12.0. The molecule has 1 rings (SSSR count). The molecule has 136 valence electrons. The van der Waals surface area contributed by atoms with Crippen LogP contribution in [0.25, 0.3) is 0 Å². The van der Waals surface area contributed by atoms with Crippen molar-refractivity contribution < 1.29 is 9.53 Å². The van der Waals surface area contributed by atoms with E-state index in [4.69, 9.17) is 10.5 Å². The van der Waals surface area contributed by atoms with Gasteiger partial charge in [-0.15, -0.1) is 0 Å². The molecule has 1 atom stereocenters. The van der Waals surface area contributed by atoms with Gasteiger partial charge in [0.2, 0.25) is 5.91 Å². The van der Waals surface area contributed by atoms with Crippen molar-refractivity contribution in [1.82, 2.24) is 5.32 Å². The van der Waals surface area contributed by atoms with Gasteiger partial charge < -0.3 is 15.8 Å². The van der Waals surface area contributed by atoms with Crippen LogP contribution in [0.1, 0.15) is 61.8 Å². The molecule has 1 unspecified atom stereocenters. The number of ether oxygens (including phenoxy) is 1. The minimum Gasteiger partial charge on any atom is -0.496 e. The van der Waals surface area contributed by atoms with Crippen LogP contribution >= 0.6 is 12.6 Å². The number of benzene rings is 1. The average molecular weight is 353 g/mol. The second-order valence-electron chi connectivity index (χ2n) is 6.12. The molecular weight excluding hydrogens is 320 g/mol. The van der Waals surface area contributed by atoms with Gasteiger partial charge in [-0.1, -0.05) is 51.2 Å². The van der Waals surface area contributed by atoms with Crippen molar-refractivity contribution in [3.8, 4) is 5.75 Å². The lowest BCUT2D eigenvalue weighted by atomic mass is 10.0. The molecule has 0 fully saturated rings. The highest BCUT2D eigenvalue weighted by atomic mass is 32.1. The van der Waals surface area contributed by atoms with Crippen molar-refractivity contribution in [3.05, 3.63) is 29.3 Å². The first-order chi connectivity index (χ1) is 11.6. The molecule has 0 spiro atoms. The molecule has 0 aliphatic carbocycles. The Morgan fingerprint density at radius 1 is 1.25 bits per heavy atom. The molecule has 3 N–H and O–H groups in total. The first kappa shape index (κ1) is 20.8. The van der Waals surface area contributed by atoms with Gasteiger partial charge in [0.1, 0.15) is 5.75 Å². The third-order valence-electron chi connectivity index (χ3n) is 4.10. The number of amides is 1. The highest BCUT2D eigenvalue weighted by Crippen LogP contribution is 2.29. The van der Waals surface area contributed by atoms with Crippen LogP contribution in [-0.2, 0) is 11.2 Å². The van der Waals surface area contributed by atoms with Crippen LogP contribution < -0.4 is 15.8 Å². The molecule has 1 aromatic rings. The lowest BCUT2D eigenvalue weighted by Gasteiger charge is -2.14. The zero-order valence-corrected chi connectivity index (χ0v) is 15.9. The van der Waals surface area contributed by atoms with E-state index in [0.717, 1.165) is 29.8 Å². The van der Waals surface area contributed by atoms with Gasteiger partial charge in [-0.2, -0.15) is 12.6 Å². The van der Waals surface area contributed by atoms with Crippen LogP contribution in [0.2, 0.25) is 0 Å². The van der Waals surface area contributed by atoms with Crippen molar-refractivity contribution >= 4 is 18.5 Å². The van der Waals surface area contributed by atoms with Gasteiger partial charge >= 0.3 is 0 Å². The summed E-state index contributed by atoms with van der Waals surface area (Å²) in [5, 5.41) is 2.93. The van der Waals surface area contributed by atoms with Crippen molar-refractivity contribution in [2.75, 3.05) is 20.2 Å². The van der Waals surface area contributed by atoms with Crippen molar-refractivity contribution in [2.24, 2.45) is 5.73 Å². The number of carbonyl (C=O) groups excluding carboxylic acids is 1. The number of hydrogen-bond acceptors (Lipinski definition) is 4. The largest absolute Gasteiger partial charge is 0.496 e. The van der Waals surface area contributed by atoms with Crippen LogP contribution in [0.3, 0.4) is 0 Å². The summed E-state index contributed by atoms with van der Waals surface area (Å²) in [5.41, 5.74) is 7.55. The molecule has 1 aromatic carbocycles. The summed E-state index contributed by atoms with van der Waals surface area (Å²) in [7, 11) is 1.62. The summed E-state index contributed by atoms with van der Waals surface area (Å²) in [4.78, 5) is 12.0. The highest BCUT2D eigenvalue weighted by molar-refractivity contribution is 7.80. The van der Waals surface area contributed by atoms with Gasteiger partial charge in [-0.05, 0) is 18.1 Å². The molecule has 0 radical (unpaired) electrons. The van der Waals surface area contributed by atoms with Crippen molar-refractivity contribution in [1.29, 1.82) is 0 Å². The molecular formula is C19H32N2O2S. The molecule has 0 aromatic heterocycles. The van der Waals surface area contributed by atoms with Crippen LogP contribution in [0.4, 0.5) is 0 Å². The highest BCUT2D eigenvalue weighted by Gasteiger charge is 2.12. The standard InChI is InChI=1S/C19H32N2O2S/c1-3-4-5-6-7-8-11-21-19(22)13-15-9-10-16(18(24)14-20)17(12-15)23-2/h9-10,12,18,24H,3-8,11,13-14,20H2,1-2H3,(H,21,22). The van der Waals surface area contributed by atoms with E-state index in [0.29, 0.717) is 13.0 Å². The molecule has 0 bridgehead atoms. The number of methoxy groups -OCH3 is 1. The number of nitrogens with two attached hydrogens (primary N) is 1. The monoisotopic (exact) mass is 352 g/mol. The zero-order valence-electron chi connectivity index (χ0n) is 15.0. The molecule has 0 saturated heterocycles. The minimum absolute atomic E-state index is 0.0552. The Bertz CT molecular complexity index is 494. The summed E-state index contributed by atoms with van der Waals surface area (Å²) in [5.74, 6) is 0.793. The van der Waals surface area contributed by atoms with Crippen LogP contribution in [0, 0.1) is 0 Å². The molecule has 0 aliphatic rings. The Morgan fingerprint density at radius 2 is 1.96 bits per heavy atom. The van der Waals surface area contributed by atoms with E-state index in [1.54, 1.807) is 7.11 Å². The maximum absolute atomic E-state index is 12.0. The molecule has 0 heterocycles. The molecule has 1 amide bonds. The van der Waals surface area contributed by atoms with E-state index < -0.39 is 0 Å². The maximum Gasteiger partial charge on any atom is 0.224 e. The topological polar surface area (TPSA) is 64.4 Å². The van der Waals surface area contributed by atoms with Gasteiger partial charge in [-0.25, -0.2) is 0 Å². The Labute approximate surface area is 151 Å². The Balaban J connectivity index is 2.38. The molecule has 0 aliphatic heterocycles. The second-order valence-corrected chi connectivity index (χ2v) is 6.75. The third kappa shape index (κ3) is 7.58. The lowest BCUT2D eigenvalue weighted by molar-refractivity contribution is -0.120. The van der Waals surface area contributed by atoms with Crippen molar-refractivity contribution in [2.45, 2.75) is 57.1 Å². The van der Waals surface area contributed by atoms with Crippen LogP contribution in [0.5, 0.6) is 5.75 Å². The SMILES string of the molecule is CCCCCCCCNC(=O)Cc1ccc(C(S)CN)c(OC)c1. The summed E-state index contributed by atoms with van der Waals surface area (Å²) in [6, 6.07) is 5.79. The van der Waals surface area contributed by atoms with Gasteiger partial charge in [-0.3, -0.25) is 4.79 Å². The Morgan fingerprint density at radius 3 is 2.62 bits per heavy atom. The maximum atomic E-state index is 12.0. The summed E-state index contributed by atoms with van der Waals surface area (Å²) >= 11 is 4.45. The van der Waals surface area contributed by atoms with Gasteiger partial charge in [0.05, 0.1) is 13.5 Å². The van der Waals surface area contributed by atoms with Gasteiger partial charge in [0, 0.05) is 23.9 Å². The summed E-state index contributed by atoms with van der Waals surface area (Å²) in [6.07, 6.45) is 7.73. The van der Waals surface area contributed by atoms with E-state index in [1.807, 2.05) is 18.2 Å². The number of nitrogens with one attached hydrogen (secondary N) is 1. The molecule has 24 heavy (non-hydrogen) atoms. The predicted molar refractivity (Wildman–Crippen MR) is 104 cm³/mol. The molecule has 0 saturated carbocycles. The van der Waals surface area contributed by atoms with E-state index in [-0.39, 0.29) is 11.2 Å². The van der Waals surface area contributed by atoms with Crippen LogP contribution in [0.15, 0.2) is 18.2 Å². The fourth-order valence-corrected chi connectivity index (χ4v) is 2.86. The van der Waals surface area contributed by atoms with Gasteiger partial charge in [0.25, 0.3) is 0 Å². The number of carbonyl (C=O) groups is 1. The van der Waals surface area contributed by atoms with E-state index >= 15 is 0 Å². The number of hydrogen-bond donors (Lipinski definition) is 3. The van der Waals surface area contributed by atoms with E-state index in [1.165, 1.54) is 32.1 Å². The summed E-state index contributed by atoms with van der Waals surface area (Å²) < 4.78 is 5.40. The molecule has 5 heteroatoms. The quantitative estimate of drug-likeness (QED) is 0.397. The average Bonchev–Trinajstić information content (AvgIpc) is 2.60. The third-order valence-corrected chi connectivity index (χ3v) is 4.59. The first-order valence-corrected chi connectivity index (χ1v) is 9.45. The van der Waals surface area contributed by atoms with Crippen molar-refractivity contribution in [3.63, 3.8) is 0 Å². The first-order valence-electron chi connectivity index (χ1n) is 8.94. The van der Waals surface area contributed by atoms with Crippen LogP contribution in [-0.4, -0.2) is 26.1 Å². The number of rotatable bonds is 12. The number of unbranched alkanes of at least 4 members (excludes halogenated alkanes) is 5.